The number of halogens is 2. The molecule has 0 bridgehead atoms. The monoisotopic (exact) mass is 544 g/mol. The van der Waals surface area contributed by atoms with Crippen molar-refractivity contribution in [3.8, 4) is 5.69 Å². The molecule has 0 unspecified atom stereocenters. The van der Waals surface area contributed by atoms with Gasteiger partial charge in [-0.1, -0.05) is 12.1 Å². The summed E-state index contributed by atoms with van der Waals surface area (Å²) in [5.74, 6) is -0.843. The van der Waals surface area contributed by atoms with Gasteiger partial charge in [0.05, 0.1) is 24.0 Å². The number of piperidine rings is 1. The van der Waals surface area contributed by atoms with E-state index >= 15 is 0 Å². The standard InChI is InChI=1S/C29H26F2N6O3/c30-21-5-3-20(4-6-21)17-35-13-1-2-25(35)28(39)34-14-11-29(40,12-15-34)18-36-19-32-26-24(27(36)38)16-33-37(26)23-9-7-22(31)8-10-23/h1-10,13,16,19,40H,11-12,14-15,17-18H2. The van der Waals surface area contributed by atoms with Crippen molar-refractivity contribution in [1.29, 1.82) is 0 Å². The summed E-state index contributed by atoms with van der Waals surface area (Å²) in [5, 5.41) is 15.8. The Morgan fingerprint density at radius 3 is 2.33 bits per heavy atom. The van der Waals surface area contributed by atoms with Gasteiger partial charge in [0.15, 0.2) is 5.65 Å². The van der Waals surface area contributed by atoms with Crippen molar-refractivity contribution < 1.29 is 18.7 Å². The van der Waals surface area contributed by atoms with Gasteiger partial charge in [0.1, 0.15) is 29.0 Å². The molecular weight excluding hydrogens is 518 g/mol. The van der Waals surface area contributed by atoms with Gasteiger partial charge >= 0.3 is 0 Å². The minimum absolute atomic E-state index is 0.0273. The zero-order valence-electron chi connectivity index (χ0n) is 21.5. The van der Waals surface area contributed by atoms with E-state index in [0.717, 1.165) is 5.56 Å². The Hall–Kier alpha value is -4.64. The average molecular weight is 545 g/mol. The number of nitrogens with zero attached hydrogens (tertiary/aromatic N) is 6. The largest absolute Gasteiger partial charge is 0.388 e. The summed E-state index contributed by atoms with van der Waals surface area (Å²) in [4.78, 5) is 32.6. The lowest BCUT2D eigenvalue weighted by Gasteiger charge is -2.38. The lowest BCUT2D eigenvalue weighted by Crippen LogP contribution is -2.50. The van der Waals surface area contributed by atoms with Crippen LogP contribution in [0, 0.1) is 11.6 Å². The Kier molecular flexibility index (Phi) is 6.51. The molecule has 1 aliphatic rings. The van der Waals surface area contributed by atoms with Crippen LogP contribution in [0.4, 0.5) is 8.78 Å². The van der Waals surface area contributed by atoms with E-state index in [1.165, 1.54) is 46.0 Å². The summed E-state index contributed by atoms with van der Waals surface area (Å²) in [6, 6.07) is 15.4. The fourth-order valence-electron chi connectivity index (χ4n) is 5.13. The van der Waals surface area contributed by atoms with Gasteiger partial charge in [0.25, 0.3) is 11.5 Å². The number of amides is 1. The van der Waals surface area contributed by atoms with E-state index in [0.29, 0.717) is 36.7 Å². The number of benzene rings is 2. The number of carbonyl (C=O) groups excluding carboxylic acids is 1. The van der Waals surface area contributed by atoms with Gasteiger partial charge < -0.3 is 14.6 Å². The van der Waals surface area contributed by atoms with Gasteiger partial charge in [-0.05, 0) is 66.9 Å². The highest BCUT2D eigenvalue weighted by Gasteiger charge is 2.35. The number of rotatable bonds is 6. The van der Waals surface area contributed by atoms with Gasteiger partial charge in [0, 0.05) is 25.8 Å². The molecule has 11 heteroatoms. The van der Waals surface area contributed by atoms with Crippen molar-refractivity contribution in [3.05, 3.63) is 113 Å². The number of hydrogen-bond acceptors (Lipinski definition) is 5. The van der Waals surface area contributed by atoms with Crippen molar-refractivity contribution >= 4 is 16.9 Å². The first kappa shape index (κ1) is 25.6. The normalized spacial score (nSPS) is 15.0. The molecule has 0 radical (unpaired) electrons. The Balaban J connectivity index is 1.14. The fraction of sp³-hybridized carbons (Fsp3) is 0.241. The molecule has 1 aliphatic heterocycles. The lowest BCUT2D eigenvalue weighted by atomic mass is 9.91. The van der Waals surface area contributed by atoms with Crippen molar-refractivity contribution in [1.82, 2.24) is 28.8 Å². The highest BCUT2D eigenvalue weighted by atomic mass is 19.1. The number of fused-ring (bicyclic) bond motifs is 1. The summed E-state index contributed by atoms with van der Waals surface area (Å²) in [7, 11) is 0. The molecule has 1 amide bonds. The Morgan fingerprint density at radius 2 is 1.62 bits per heavy atom. The van der Waals surface area contributed by atoms with E-state index in [4.69, 9.17) is 0 Å². The minimum atomic E-state index is -1.20. The number of hydrogen-bond donors (Lipinski definition) is 1. The van der Waals surface area contributed by atoms with Gasteiger partial charge in [0.2, 0.25) is 0 Å². The Morgan fingerprint density at radius 1 is 0.950 bits per heavy atom. The maximum Gasteiger partial charge on any atom is 0.270 e. The van der Waals surface area contributed by atoms with Gasteiger partial charge in [-0.25, -0.2) is 18.4 Å². The zero-order valence-corrected chi connectivity index (χ0v) is 21.5. The summed E-state index contributed by atoms with van der Waals surface area (Å²) in [5.41, 5.74) is 0.755. The molecule has 0 spiro atoms. The molecule has 6 rings (SSSR count). The number of aliphatic hydroxyl groups is 1. The van der Waals surface area contributed by atoms with E-state index < -0.39 is 5.60 Å². The minimum Gasteiger partial charge on any atom is -0.388 e. The van der Waals surface area contributed by atoms with Crippen LogP contribution in [-0.2, 0) is 13.1 Å². The summed E-state index contributed by atoms with van der Waals surface area (Å²) >= 11 is 0. The molecule has 0 atom stereocenters. The number of likely N-dealkylation sites (tertiary alicyclic amines) is 1. The third-order valence-electron chi connectivity index (χ3n) is 7.39. The summed E-state index contributed by atoms with van der Waals surface area (Å²) < 4.78 is 31.2. The third-order valence-corrected chi connectivity index (χ3v) is 7.39. The summed E-state index contributed by atoms with van der Waals surface area (Å²) in [6.45, 7) is 1.11. The van der Waals surface area contributed by atoms with Crippen LogP contribution < -0.4 is 5.56 Å². The van der Waals surface area contributed by atoms with Gasteiger partial charge in [-0.2, -0.15) is 5.10 Å². The highest BCUT2D eigenvalue weighted by molar-refractivity contribution is 5.93. The van der Waals surface area contributed by atoms with Crippen LogP contribution >= 0.6 is 0 Å². The Labute approximate surface area is 227 Å². The van der Waals surface area contributed by atoms with E-state index in [1.807, 2.05) is 10.8 Å². The second-order valence-corrected chi connectivity index (χ2v) is 10.1. The van der Waals surface area contributed by atoms with E-state index in [2.05, 4.69) is 10.1 Å². The second-order valence-electron chi connectivity index (χ2n) is 10.1. The lowest BCUT2D eigenvalue weighted by molar-refractivity contribution is -0.0301. The highest BCUT2D eigenvalue weighted by Crippen LogP contribution is 2.25. The number of carbonyl (C=O) groups is 1. The van der Waals surface area contributed by atoms with Crippen LogP contribution in [0.25, 0.3) is 16.7 Å². The quantitative estimate of drug-likeness (QED) is 0.354. The smallest absolute Gasteiger partial charge is 0.270 e. The SMILES string of the molecule is O=C(c1cccn1Cc1ccc(F)cc1)N1CCC(O)(Cn2cnc3c(cnn3-c3ccc(F)cc3)c2=O)CC1. The van der Waals surface area contributed by atoms with Crippen LogP contribution in [0.5, 0.6) is 0 Å². The zero-order chi connectivity index (χ0) is 27.9. The second kappa shape index (κ2) is 10.2. The molecule has 3 aromatic heterocycles. The molecule has 1 fully saturated rings. The van der Waals surface area contributed by atoms with Crippen LogP contribution in [0.3, 0.4) is 0 Å². The first-order valence-electron chi connectivity index (χ1n) is 12.9. The average Bonchev–Trinajstić information content (AvgIpc) is 3.60. The Bertz CT molecular complexity index is 1730. The van der Waals surface area contributed by atoms with Gasteiger partial charge in [-0.15, -0.1) is 0 Å². The van der Waals surface area contributed by atoms with Crippen LogP contribution in [0.2, 0.25) is 0 Å². The first-order valence-corrected chi connectivity index (χ1v) is 12.9. The molecule has 1 N–H and O–H groups in total. The molecule has 40 heavy (non-hydrogen) atoms. The molecule has 0 aliphatic carbocycles. The molecular formula is C29H26F2N6O3. The molecule has 4 heterocycles. The first-order chi connectivity index (χ1) is 19.3. The maximum atomic E-state index is 13.3. The molecule has 204 valence electrons. The molecule has 2 aromatic carbocycles. The van der Waals surface area contributed by atoms with E-state index in [9.17, 15) is 23.5 Å². The van der Waals surface area contributed by atoms with Gasteiger partial charge in [-0.3, -0.25) is 14.2 Å². The third kappa shape index (κ3) is 4.91. The van der Waals surface area contributed by atoms with Crippen molar-refractivity contribution in [2.45, 2.75) is 31.5 Å². The van der Waals surface area contributed by atoms with E-state index in [-0.39, 0.29) is 47.9 Å². The number of aromatic nitrogens is 5. The van der Waals surface area contributed by atoms with Crippen LogP contribution in [0.15, 0.2) is 84.2 Å². The predicted octanol–water partition coefficient (Wildman–Crippen LogP) is 3.38. The molecule has 9 nitrogen and oxygen atoms in total. The van der Waals surface area contributed by atoms with E-state index in [1.54, 1.807) is 41.3 Å². The fourth-order valence-corrected chi connectivity index (χ4v) is 5.13. The molecule has 1 saturated heterocycles. The van der Waals surface area contributed by atoms with Crippen LogP contribution in [-0.4, -0.2) is 58.5 Å². The molecule has 0 saturated carbocycles. The topological polar surface area (TPSA) is 98.2 Å². The van der Waals surface area contributed by atoms with Crippen molar-refractivity contribution in [2.24, 2.45) is 0 Å². The van der Waals surface area contributed by atoms with Crippen molar-refractivity contribution in [2.75, 3.05) is 13.1 Å². The maximum absolute atomic E-state index is 13.3. The molecule has 5 aromatic rings. The summed E-state index contributed by atoms with van der Waals surface area (Å²) in [6.07, 6.45) is 5.18. The predicted molar refractivity (Wildman–Crippen MR) is 143 cm³/mol. The van der Waals surface area contributed by atoms with Crippen molar-refractivity contribution in [3.63, 3.8) is 0 Å². The van der Waals surface area contributed by atoms with Crippen LogP contribution in [0.1, 0.15) is 28.9 Å².